The van der Waals surface area contributed by atoms with Crippen LogP contribution in [0, 0.1) is 0 Å². The van der Waals surface area contributed by atoms with E-state index in [4.69, 9.17) is 9.47 Å². The van der Waals surface area contributed by atoms with Crippen LogP contribution in [0.3, 0.4) is 0 Å². The third kappa shape index (κ3) is 6.33. The minimum atomic E-state index is -1.06. The molecule has 1 atom stereocenters. The normalized spacial score (nSPS) is 14.4. The Morgan fingerprint density at radius 2 is 1.46 bits per heavy atom. The van der Waals surface area contributed by atoms with Gasteiger partial charge in [0.2, 0.25) is 0 Å². The molecule has 4 aromatic rings. The first kappa shape index (κ1) is 24.6. The zero-order valence-corrected chi connectivity index (χ0v) is 20.3. The standard InChI is InChI=1S/C28H26N2O3S.H2O/c1-34(31)28-16-11-23(17-29-28)22-9-14-26(15-10-22)33-27-19-30(20-27)18-21-7-12-25(13-8-21)32-24-5-3-2-4-6-24;/h2-17,27H,18-20H2,1H3;1H2. The number of hydrogen-bond donors (Lipinski definition) is 0. The number of nitrogens with zero attached hydrogens (tertiary/aromatic N) is 2. The van der Waals surface area contributed by atoms with E-state index >= 15 is 0 Å². The molecule has 1 aliphatic heterocycles. The molecule has 7 heteroatoms. The first-order valence-electron chi connectivity index (χ1n) is 11.2. The molecular weight excluding hydrogens is 460 g/mol. The lowest BCUT2D eigenvalue weighted by molar-refractivity contribution is 0.0146. The Morgan fingerprint density at radius 1 is 0.829 bits per heavy atom. The molecule has 0 aliphatic carbocycles. The van der Waals surface area contributed by atoms with Gasteiger partial charge in [0.1, 0.15) is 28.4 Å². The van der Waals surface area contributed by atoms with Gasteiger partial charge in [0.05, 0.1) is 10.8 Å². The fraction of sp³-hybridized carbons (Fsp3) is 0.179. The first-order valence-corrected chi connectivity index (χ1v) is 12.8. The van der Waals surface area contributed by atoms with Gasteiger partial charge >= 0.3 is 0 Å². The number of pyridine rings is 1. The highest BCUT2D eigenvalue weighted by atomic mass is 32.2. The summed E-state index contributed by atoms with van der Waals surface area (Å²) < 4.78 is 23.5. The fourth-order valence-corrected chi connectivity index (χ4v) is 4.37. The molecule has 1 fully saturated rings. The quantitative estimate of drug-likeness (QED) is 0.358. The summed E-state index contributed by atoms with van der Waals surface area (Å²) in [5.41, 5.74) is 3.31. The van der Waals surface area contributed by atoms with Gasteiger partial charge in [-0.2, -0.15) is 0 Å². The van der Waals surface area contributed by atoms with Gasteiger partial charge in [0.15, 0.2) is 0 Å². The summed E-state index contributed by atoms with van der Waals surface area (Å²) in [5.74, 6) is 2.56. The third-order valence-corrected chi connectivity index (χ3v) is 6.58. The molecule has 0 amide bonds. The lowest BCUT2D eigenvalue weighted by atomic mass is 10.1. The molecule has 6 nitrogen and oxygen atoms in total. The molecule has 1 aliphatic rings. The lowest BCUT2D eigenvalue weighted by Gasteiger charge is -2.39. The van der Waals surface area contributed by atoms with Crippen LogP contribution >= 0.6 is 0 Å². The van der Waals surface area contributed by atoms with E-state index in [0.29, 0.717) is 5.03 Å². The summed E-state index contributed by atoms with van der Waals surface area (Å²) in [6.45, 7) is 2.71. The Bertz CT molecular complexity index is 1240. The molecular formula is C28H28N2O4S. The highest BCUT2D eigenvalue weighted by Crippen LogP contribution is 2.26. The van der Waals surface area contributed by atoms with Crippen molar-refractivity contribution in [3.63, 3.8) is 0 Å². The topological polar surface area (TPSA) is 83.2 Å². The molecule has 0 radical (unpaired) electrons. The van der Waals surface area contributed by atoms with Crippen LogP contribution in [0.15, 0.2) is 102 Å². The highest BCUT2D eigenvalue weighted by Gasteiger charge is 2.28. The van der Waals surface area contributed by atoms with Crippen molar-refractivity contribution in [1.82, 2.24) is 9.88 Å². The van der Waals surface area contributed by atoms with Crippen LogP contribution in [0.4, 0.5) is 0 Å². The summed E-state index contributed by atoms with van der Waals surface area (Å²) in [6.07, 6.45) is 3.59. The number of para-hydroxylation sites is 1. The van der Waals surface area contributed by atoms with Crippen LogP contribution in [0.2, 0.25) is 0 Å². The Hall–Kier alpha value is -3.52. The lowest BCUT2D eigenvalue weighted by Crippen LogP contribution is -2.53. The van der Waals surface area contributed by atoms with E-state index in [9.17, 15) is 4.21 Å². The van der Waals surface area contributed by atoms with Crippen molar-refractivity contribution in [1.29, 1.82) is 0 Å². The van der Waals surface area contributed by atoms with Crippen molar-refractivity contribution in [2.75, 3.05) is 19.3 Å². The maximum absolute atomic E-state index is 11.5. The van der Waals surface area contributed by atoms with Gasteiger partial charge in [0, 0.05) is 37.7 Å². The maximum atomic E-state index is 11.5. The number of benzene rings is 3. The van der Waals surface area contributed by atoms with Crippen molar-refractivity contribution < 1.29 is 19.2 Å². The molecule has 2 heterocycles. The molecule has 180 valence electrons. The average Bonchev–Trinajstić information content (AvgIpc) is 2.85. The monoisotopic (exact) mass is 488 g/mol. The van der Waals surface area contributed by atoms with Crippen LogP contribution in [0.5, 0.6) is 17.2 Å². The van der Waals surface area contributed by atoms with Gasteiger partial charge in [-0.15, -0.1) is 0 Å². The van der Waals surface area contributed by atoms with Gasteiger partial charge < -0.3 is 14.9 Å². The number of ether oxygens (including phenoxy) is 2. The van der Waals surface area contributed by atoms with Crippen molar-refractivity contribution in [2.45, 2.75) is 17.7 Å². The molecule has 0 saturated carbocycles. The zero-order chi connectivity index (χ0) is 23.3. The Kier molecular flexibility index (Phi) is 7.92. The van der Waals surface area contributed by atoms with Gasteiger partial charge in [-0.05, 0) is 53.6 Å². The smallest absolute Gasteiger partial charge is 0.127 e. The van der Waals surface area contributed by atoms with Crippen LogP contribution in [0.25, 0.3) is 11.1 Å². The molecule has 0 bridgehead atoms. The van der Waals surface area contributed by atoms with Crippen LogP contribution in [-0.4, -0.2) is 45.0 Å². The Morgan fingerprint density at radius 3 is 2.09 bits per heavy atom. The SMILES string of the molecule is CS(=O)c1ccc(-c2ccc(OC3CN(Cc4ccc(Oc5ccccc5)cc4)C3)cc2)cn1.O. The summed E-state index contributed by atoms with van der Waals surface area (Å²) in [6, 6.07) is 29.9. The van der Waals surface area contributed by atoms with Crippen molar-refractivity contribution >= 4 is 10.8 Å². The second-order valence-electron chi connectivity index (χ2n) is 8.36. The molecule has 0 spiro atoms. The molecule has 5 rings (SSSR count). The predicted octanol–water partition coefficient (Wildman–Crippen LogP) is 4.72. The van der Waals surface area contributed by atoms with Gasteiger partial charge in [-0.3, -0.25) is 9.11 Å². The number of hydrogen-bond acceptors (Lipinski definition) is 5. The van der Waals surface area contributed by atoms with E-state index in [1.807, 2.05) is 78.9 Å². The second-order valence-corrected chi connectivity index (χ2v) is 9.68. The van der Waals surface area contributed by atoms with Crippen molar-refractivity contribution in [2.24, 2.45) is 0 Å². The first-order chi connectivity index (χ1) is 16.6. The molecule has 1 unspecified atom stereocenters. The summed E-state index contributed by atoms with van der Waals surface area (Å²) >= 11 is 0. The van der Waals surface area contributed by atoms with Crippen molar-refractivity contribution in [3.05, 3.63) is 103 Å². The van der Waals surface area contributed by atoms with Gasteiger partial charge in [0.25, 0.3) is 0 Å². The maximum Gasteiger partial charge on any atom is 0.127 e. The highest BCUT2D eigenvalue weighted by molar-refractivity contribution is 7.84. The molecule has 1 aromatic heterocycles. The van der Waals surface area contributed by atoms with Crippen LogP contribution in [0.1, 0.15) is 5.56 Å². The minimum Gasteiger partial charge on any atom is -0.488 e. The van der Waals surface area contributed by atoms with E-state index < -0.39 is 10.8 Å². The predicted molar refractivity (Wildman–Crippen MR) is 138 cm³/mol. The number of likely N-dealkylation sites (tertiary alicyclic amines) is 1. The molecule has 35 heavy (non-hydrogen) atoms. The second kappa shape index (κ2) is 11.3. The molecule has 2 N–H and O–H groups in total. The van der Waals surface area contributed by atoms with Crippen LogP contribution < -0.4 is 9.47 Å². The largest absolute Gasteiger partial charge is 0.488 e. The third-order valence-electron chi connectivity index (χ3n) is 5.75. The summed E-state index contributed by atoms with van der Waals surface area (Å²) in [5, 5.41) is 0.592. The number of aromatic nitrogens is 1. The summed E-state index contributed by atoms with van der Waals surface area (Å²) in [7, 11) is -1.06. The van der Waals surface area contributed by atoms with Gasteiger partial charge in [-0.1, -0.05) is 48.5 Å². The Balaban J connectivity index is 0.00000289. The molecule has 1 saturated heterocycles. The van der Waals surface area contributed by atoms with Crippen molar-refractivity contribution in [3.8, 4) is 28.4 Å². The molecule has 3 aromatic carbocycles. The van der Waals surface area contributed by atoms with E-state index in [0.717, 1.165) is 48.0 Å². The summed E-state index contributed by atoms with van der Waals surface area (Å²) in [4.78, 5) is 6.64. The van der Waals surface area contributed by atoms with E-state index in [2.05, 4.69) is 22.0 Å². The zero-order valence-electron chi connectivity index (χ0n) is 19.5. The average molecular weight is 489 g/mol. The fourth-order valence-electron chi connectivity index (χ4n) is 3.91. The van der Waals surface area contributed by atoms with Crippen LogP contribution in [-0.2, 0) is 17.3 Å². The van der Waals surface area contributed by atoms with E-state index in [1.165, 1.54) is 5.56 Å². The Labute approximate surface area is 207 Å². The minimum absolute atomic E-state index is 0. The number of rotatable bonds is 8. The van der Waals surface area contributed by atoms with Gasteiger partial charge in [-0.25, -0.2) is 4.98 Å². The van der Waals surface area contributed by atoms with E-state index in [1.54, 1.807) is 12.5 Å². The van der Waals surface area contributed by atoms with E-state index in [-0.39, 0.29) is 11.6 Å².